The number of aryl methyl sites for hydroxylation is 1. The molecule has 18 heavy (non-hydrogen) atoms. The first-order chi connectivity index (χ1) is 8.63. The first-order valence-corrected chi connectivity index (χ1v) is 5.67. The summed E-state index contributed by atoms with van der Waals surface area (Å²) in [6.45, 7) is 1.01. The monoisotopic (exact) mass is 253 g/mol. The largest absolute Gasteiger partial charge is 0.394 e. The van der Waals surface area contributed by atoms with Gasteiger partial charge in [-0.25, -0.2) is 4.68 Å². The molecule has 1 aromatic rings. The smallest absolute Gasteiger partial charge is 0.274 e. The number of aromatic nitrogens is 2. The molecule has 1 aliphatic rings. The van der Waals surface area contributed by atoms with E-state index in [-0.39, 0.29) is 29.8 Å². The molecule has 0 bridgehead atoms. The lowest BCUT2D eigenvalue weighted by Gasteiger charge is -2.34. The summed E-state index contributed by atoms with van der Waals surface area (Å²) in [5, 5.41) is 13.1. The lowest BCUT2D eigenvalue weighted by atomic mass is 10.2. The van der Waals surface area contributed by atoms with Gasteiger partial charge in [-0.2, -0.15) is 5.10 Å². The fourth-order valence-electron chi connectivity index (χ4n) is 1.84. The summed E-state index contributed by atoms with van der Waals surface area (Å²) in [4.78, 5) is 24.9. The summed E-state index contributed by atoms with van der Waals surface area (Å²) in [6, 6.07) is 2.34. The average molecular weight is 253 g/mol. The van der Waals surface area contributed by atoms with Crippen molar-refractivity contribution in [3.63, 3.8) is 0 Å². The molecule has 7 nitrogen and oxygen atoms in total. The Bertz CT molecular complexity index is 499. The molecule has 0 spiro atoms. The summed E-state index contributed by atoms with van der Waals surface area (Å²) in [6.07, 6.45) is 0. The highest BCUT2D eigenvalue weighted by molar-refractivity contribution is 5.92. The maximum Gasteiger partial charge on any atom is 0.274 e. The van der Waals surface area contributed by atoms with Crippen molar-refractivity contribution in [3.05, 3.63) is 28.2 Å². The third-order valence-corrected chi connectivity index (χ3v) is 2.88. The Balaban J connectivity index is 2.23. The van der Waals surface area contributed by atoms with Crippen LogP contribution in [-0.2, 0) is 11.8 Å². The summed E-state index contributed by atoms with van der Waals surface area (Å²) < 4.78 is 6.32. The molecule has 1 aliphatic heterocycles. The molecule has 2 heterocycles. The minimum atomic E-state index is -0.356. The van der Waals surface area contributed by atoms with Gasteiger partial charge in [-0.05, 0) is 6.07 Å². The highest BCUT2D eigenvalue weighted by Crippen LogP contribution is 2.10. The zero-order valence-electron chi connectivity index (χ0n) is 10.1. The molecule has 1 amide bonds. The van der Waals surface area contributed by atoms with Gasteiger partial charge in [0.15, 0.2) is 0 Å². The van der Waals surface area contributed by atoms with Gasteiger partial charge in [-0.1, -0.05) is 0 Å². The molecule has 0 saturated carbocycles. The van der Waals surface area contributed by atoms with Crippen molar-refractivity contribution in [3.8, 4) is 0 Å². The van der Waals surface area contributed by atoms with Crippen LogP contribution < -0.4 is 5.56 Å². The number of rotatable bonds is 2. The van der Waals surface area contributed by atoms with Gasteiger partial charge >= 0.3 is 0 Å². The zero-order valence-corrected chi connectivity index (χ0v) is 10.1. The number of aliphatic hydroxyl groups is 1. The lowest BCUT2D eigenvalue weighted by Crippen LogP contribution is -2.50. The number of carbonyl (C=O) groups is 1. The molecule has 0 radical (unpaired) electrons. The molecule has 1 fully saturated rings. The Kier molecular flexibility index (Phi) is 3.73. The number of aliphatic hydroxyl groups excluding tert-OH is 1. The first-order valence-electron chi connectivity index (χ1n) is 5.67. The summed E-state index contributed by atoms with van der Waals surface area (Å²) in [5.41, 5.74) is -0.0790. The Hall–Kier alpha value is -1.73. The van der Waals surface area contributed by atoms with Gasteiger partial charge in [0.2, 0.25) is 0 Å². The van der Waals surface area contributed by atoms with E-state index < -0.39 is 0 Å². The summed E-state index contributed by atoms with van der Waals surface area (Å²) in [7, 11) is 1.49. The van der Waals surface area contributed by atoms with Crippen LogP contribution >= 0.6 is 0 Å². The molecular formula is C11H15N3O4. The molecule has 1 N–H and O–H groups in total. The van der Waals surface area contributed by atoms with Crippen molar-refractivity contribution in [2.24, 2.45) is 7.05 Å². The van der Waals surface area contributed by atoms with Gasteiger partial charge in [0.25, 0.3) is 11.5 Å². The molecule has 1 aromatic heterocycles. The standard InChI is InChI=1S/C11H15N3O4/c1-13-10(16)3-2-9(12-13)11(17)14-4-5-18-7-8(14)6-15/h2-3,8,15H,4-7H2,1H3. The molecule has 0 aliphatic carbocycles. The SMILES string of the molecule is Cn1nc(C(=O)N2CCOCC2CO)ccc1=O. The fraction of sp³-hybridized carbons (Fsp3) is 0.545. The van der Waals surface area contributed by atoms with Crippen LogP contribution in [0.2, 0.25) is 0 Å². The molecule has 1 saturated heterocycles. The molecule has 98 valence electrons. The van der Waals surface area contributed by atoms with Crippen molar-refractivity contribution >= 4 is 5.91 Å². The van der Waals surface area contributed by atoms with Crippen LogP contribution in [0.4, 0.5) is 0 Å². The quantitative estimate of drug-likeness (QED) is 0.701. The lowest BCUT2D eigenvalue weighted by molar-refractivity contribution is -0.0187. The fourth-order valence-corrected chi connectivity index (χ4v) is 1.84. The van der Waals surface area contributed by atoms with E-state index in [9.17, 15) is 14.7 Å². The normalized spacial score (nSPS) is 19.9. The van der Waals surface area contributed by atoms with E-state index in [2.05, 4.69) is 5.10 Å². The molecule has 2 rings (SSSR count). The molecule has 1 unspecified atom stereocenters. The number of hydrogen-bond donors (Lipinski definition) is 1. The summed E-state index contributed by atoms with van der Waals surface area (Å²) >= 11 is 0. The molecular weight excluding hydrogens is 238 g/mol. The minimum absolute atomic E-state index is 0.155. The predicted octanol–water partition coefficient (Wildman–Crippen LogP) is -1.39. The Morgan fingerprint density at radius 2 is 2.39 bits per heavy atom. The minimum Gasteiger partial charge on any atom is -0.394 e. The van der Waals surface area contributed by atoms with E-state index in [4.69, 9.17) is 4.74 Å². The third-order valence-electron chi connectivity index (χ3n) is 2.88. The number of amides is 1. The second-order valence-corrected chi connectivity index (χ2v) is 4.09. The number of hydrogen-bond acceptors (Lipinski definition) is 5. The van der Waals surface area contributed by atoms with Gasteiger partial charge in [0, 0.05) is 19.7 Å². The second-order valence-electron chi connectivity index (χ2n) is 4.09. The molecule has 0 aromatic carbocycles. The van der Waals surface area contributed by atoms with E-state index in [1.807, 2.05) is 0 Å². The van der Waals surface area contributed by atoms with Crippen LogP contribution in [0, 0.1) is 0 Å². The van der Waals surface area contributed by atoms with E-state index in [0.717, 1.165) is 4.68 Å². The van der Waals surface area contributed by atoms with Crippen LogP contribution in [-0.4, -0.2) is 58.1 Å². The first kappa shape index (κ1) is 12.7. The van der Waals surface area contributed by atoms with Gasteiger partial charge in [-0.15, -0.1) is 0 Å². The Morgan fingerprint density at radius 1 is 1.61 bits per heavy atom. The van der Waals surface area contributed by atoms with E-state index in [0.29, 0.717) is 19.8 Å². The Labute approximate surface area is 104 Å². The number of morpholine rings is 1. The average Bonchev–Trinajstić information content (AvgIpc) is 2.41. The van der Waals surface area contributed by atoms with Crippen LogP contribution in [0.15, 0.2) is 16.9 Å². The van der Waals surface area contributed by atoms with Gasteiger partial charge in [0.1, 0.15) is 5.69 Å². The van der Waals surface area contributed by atoms with Crippen molar-refractivity contribution in [2.45, 2.75) is 6.04 Å². The number of nitrogens with zero attached hydrogens (tertiary/aromatic N) is 3. The van der Waals surface area contributed by atoms with Gasteiger partial charge < -0.3 is 14.7 Å². The maximum atomic E-state index is 12.2. The highest BCUT2D eigenvalue weighted by Gasteiger charge is 2.28. The van der Waals surface area contributed by atoms with Gasteiger partial charge in [-0.3, -0.25) is 9.59 Å². The van der Waals surface area contributed by atoms with Crippen molar-refractivity contribution < 1.29 is 14.6 Å². The topological polar surface area (TPSA) is 84.7 Å². The Morgan fingerprint density at radius 3 is 3.06 bits per heavy atom. The van der Waals surface area contributed by atoms with Crippen LogP contribution in [0.5, 0.6) is 0 Å². The zero-order chi connectivity index (χ0) is 13.1. The van der Waals surface area contributed by atoms with E-state index >= 15 is 0 Å². The van der Waals surface area contributed by atoms with E-state index in [1.165, 1.54) is 24.1 Å². The number of ether oxygens (including phenoxy) is 1. The van der Waals surface area contributed by atoms with Crippen LogP contribution in [0.25, 0.3) is 0 Å². The van der Waals surface area contributed by atoms with Crippen LogP contribution in [0.1, 0.15) is 10.5 Å². The second kappa shape index (κ2) is 5.28. The van der Waals surface area contributed by atoms with Crippen LogP contribution in [0.3, 0.4) is 0 Å². The van der Waals surface area contributed by atoms with Crippen molar-refractivity contribution in [1.82, 2.24) is 14.7 Å². The molecule has 7 heteroatoms. The maximum absolute atomic E-state index is 12.2. The van der Waals surface area contributed by atoms with Gasteiger partial charge in [0.05, 0.1) is 25.9 Å². The van der Waals surface area contributed by atoms with Crippen molar-refractivity contribution in [2.75, 3.05) is 26.4 Å². The van der Waals surface area contributed by atoms with Crippen molar-refractivity contribution in [1.29, 1.82) is 0 Å². The molecule has 1 atom stereocenters. The third kappa shape index (κ3) is 2.41. The summed E-state index contributed by atoms with van der Waals surface area (Å²) in [5.74, 6) is -0.298. The van der Waals surface area contributed by atoms with E-state index in [1.54, 1.807) is 0 Å². The predicted molar refractivity (Wildman–Crippen MR) is 62.2 cm³/mol. The highest BCUT2D eigenvalue weighted by atomic mass is 16.5. The number of carbonyl (C=O) groups excluding carboxylic acids is 1.